The van der Waals surface area contributed by atoms with Crippen LogP contribution in [0.4, 0.5) is 0 Å². The third-order valence-corrected chi connectivity index (χ3v) is 2.53. The van der Waals surface area contributed by atoms with Crippen molar-refractivity contribution < 1.29 is 14.6 Å². The van der Waals surface area contributed by atoms with Crippen LogP contribution in [0.5, 0.6) is 0 Å². The van der Waals surface area contributed by atoms with Gasteiger partial charge >= 0.3 is 5.97 Å². The predicted octanol–water partition coefficient (Wildman–Crippen LogP) is 1.15. The Bertz CT molecular complexity index is 357. The molecule has 1 aromatic rings. The van der Waals surface area contributed by atoms with E-state index in [1.807, 2.05) is 12.1 Å². The van der Waals surface area contributed by atoms with Crippen molar-refractivity contribution in [3.63, 3.8) is 0 Å². The summed E-state index contributed by atoms with van der Waals surface area (Å²) in [7, 11) is 0. The number of aliphatic hydroxyl groups excluding tert-OH is 1. The van der Waals surface area contributed by atoms with Gasteiger partial charge in [0.15, 0.2) is 0 Å². The van der Waals surface area contributed by atoms with Crippen LogP contribution in [0, 0.1) is 0 Å². The third kappa shape index (κ3) is 3.50. The lowest BCUT2D eigenvalue weighted by molar-refractivity contribution is -0.141. The summed E-state index contributed by atoms with van der Waals surface area (Å²) in [4.78, 5) is 14.9. The lowest BCUT2D eigenvalue weighted by Gasteiger charge is -2.16. The zero-order valence-electron chi connectivity index (χ0n) is 9.09. The normalized spacial score (nSPS) is 12.2. The van der Waals surface area contributed by atoms with Crippen molar-refractivity contribution in [2.45, 2.75) is 18.6 Å². The lowest BCUT2D eigenvalue weighted by atomic mass is 10.0. The maximum absolute atomic E-state index is 10.7. The van der Waals surface area contributed by atoms with Crippen LogP contribution in [0.15, 0.2) is 18.3 Å². The number of carbonyl (C=O) groups is 1. The quantitative estimate of drug-likeness (QED) is 0.600. The summed E-state index contributed by atoms with van der Waals surface area (Å²) in [6.07, 6.45) is 1.65. The molecule has 0 bridgehead atoms. The molecule has 0 saturated carbocycles. The van der Waals surface area contributed by atoms with Crippen molar-refractivity contribution in [2.75, 3.05) is 13.2 Å². The summed E-state index contributed by atoms with van der Waals surface area (Å²) in [5.74, 6) is -0.103. The van der Waals surface area contributed by atoms with E-state index in [4.69, 9.17) is 4.74 Å². The van der Waals surface area contributed by atoms with Crippen LogP contribution < -0.4 is 0 Å². The van der Waals surface area contributed by atoms with Crippen molar-refractivity contribution in [1.29, 1.82) is 0 Å². The van der Waals surface area contributed by atoms with Crippen LogP contribution in [0.25, 0.3) is 0 Å². The Balaban J connectivity index is 2.81. The molecule has 88 valence electrons. The van der Waals surface area contributed by atoms with Crippen molar-refractivity contribution in [3.8, 4) is 0 Å². The third-order valence-electron chi connectivity index (χ3n) is 2.19. The Morgan fingerprint density at radius 1 is 1.69 bits per heavy atom. The Hall–Kier alpha value is -1.07. The Labute approximate surface area is 100 Å². The molecule has 0 spiro atoms. The number of aliphatic hydroxyl groups is 1. The van der Waals surface area contributed by atoms with Gasteiger partial charge in [0.1, 0.15) is 6.61 Å². The number of pyridine rings is 1. The minimum Gasteiger partial charge on any atom is -0.465 e. The van der Waals surface area contributed by atoms with Gasteiger partial charge < -0.3 is 9.84 Å². The highest BCUT2D eigenvalue weighted by Crippen LogP contribution is 2.19. The van der Waals surface area contributed by atoms with Gasteiger partial charge in [-0.25, -0.2) is 0 Å². The Morgan fingerprint density at radius 3 is 3.00 bits per heavy atom. The van der Waals surface area contributed by atoms with E-state index in [9.17, 15) is 9.90 Å². The van der Waals surface area contributed by atoms with Gasteiger partial charge in [-0.2, -0.15) is 12.6 Å². The SMILES string of the molecule is CC(=O)OC[C@@H](CO)c1ncccc1CS. The molecule has 16 heavy (non-hydrogen) atoms. The van der Waals surface area contributed by atoms with Gasteiger partial charge in [0.2, 0.25) is 0 Å². The van der Waals surface area contributed by atoms with Gasteiger partial charge in [-0.15, -0.1) is 0 Å². The van der Waals surface area contributed by atoms with E-state index in [2.05, 4.69) is 17.6 Å². The van der Waals surface area contributed by atoms with E-state index in [0.29, 0.717) is 5.75 Å². The maximum atomic E-state index is 10.7. The van der Waals surface area contributed by atoms with E-state index >= 15 is 0 Å². The molecule has 1 N–H and O–H groups in total. The number of aromatic nitrogens is 1. The van der Waals surface area contributed by atoms with Gasteiger partial charge in [-0.3, -0.25) is 9.78 Å². The van der Waals surface area contributed by atoms with Gasteiger partial charge in [-0.05, 0) is 11.6 Å². The zero-order chi connectivity index (χ0) is 12.0. The lowest BCUT2D eigenvalue weighted by Crippen LogP contribution is -2.17. The van der Waals surface area contributed by atoms with Crippen molar-refractivity contribution in [3.05, 3.63) is 29.6 Å². The number of esters is 1. The van der Waals surface area contributed by atoms with Crippen molar-refractivity contribution >= 4 is 18.6 Å². The van der Waals surface area contributed by atoms with Gasteiger partial charge in [-0.1, -0.05) is 6.07 Å². The van der Waals surface area contributed by atoms with Crippen LogP contribution in [0.3, 0.4) is 0 Å². The molecule has 1 atom stereocenters. The van der Waals surface area contributed by atoms with E-state index in [1.165, 1.54) is 6.92 Å². The second kappa shape index (κ2) is 6.50. The predicted molar refractivity (Wildman–Crippen MR) is 63.4 cm³/mol. The van der Waals surface area contributed by atoms with Gasteiger partial charge in [0.05, 0.1) is 18.2 Å². The molecule has 1 heterocycles. The fourth-order valence-corrected chi connectivity index (χ4v) is 1.66. The minimum absolute atomic E-state index is 0.106. The summed E-state index contributed by atoms with van der Waals surface area (Å²) < 4.78 is 4.88. The van der Waals surface area contributed by atoms with E-state index in [0.717, 1.165) is 11.3 Å². The molecule has 0 radical (unpaired) electrons. The molecule has 0 fully saturated rings. The fourth-order valence-electron chi connectivity index (χ4n) is 1.39. The molecule has 0 saturated heterocycles. The molecule has 1 aromatic heterocycles. The molecular weight excluding hydrogens is 226 g/mol. The highest BCUT2D eigenvalue weighted by atomic mass is 32.1. The summed E-state index contributed by atoms with van der Waals surface area (Å²) in [5, 5.41) is 9.26. The van der Waals surface area contributed by atoms with Crippen LogP contribution in [-0.2, 0) is 15.3 Å². The minimum atomic E-state index is -0.359. The first kappa shape index (κ1) is 13.0. The number of hydrogen-bond acceptors (Lipinski definition) is 5. The van der Waals surface area contributed by atoms with Crippen molar-refractivity contribution in [2.24, 2.45) is 0 Å². The molecule has 0 aromatic carbocycles. The second-order valence-electron chi connectivity index (χ2n) is 3.39. The van der Waals surface area contributed by atoms with Gasteiger partial charge in [0.25, 0.3) is 0 Å². The average molecular weight is 241 g/mol. The maximum Gasteiger partial charge on any atom is 0.302 e. The van der Waals surface area contributed by atoms with Crippen LogP contribution >= 0.6 is 12.6 Å². The van der Waals surface area contributed by atoms with E-state index in [-0.39, 0.29) is 25.1 Å². The molecule has 0 aliphatic carbocycles. The Morgan fingerprint density at radius 2 is 2.44 bits per heavy atom. The highest BCUT2D eigenvalue weighted by molar-refractivity contribution is 7.79. The molecular formula is C11H15NO3S. The summed E-state index contributed by atoms with van der Waals surface area (Å²) in [5.41, 5.74) is 1.68. The topological polar surface area (TPSA) is 59.4 Å². The molecule has 5 heteroatoms. The van der Waals surface area contributed by atoms with E-state index in [1.54, 1.807) is 6.20 Å². The first-order chi connectivity index (χ1) is 7.69. The number of hydrogen-bond donors (Lipinski definition) is 2. The first-order valence-corrected chi connectivity index (χ1v) is 5.61. The molecule has 0 amide bonds. The van der Waals surface area contributed by atoms with Gasteiger partial charge in [0, 0.05) is 18.9 Å². The summed E-state index contributed by atoms with van der Waals surface area (Å²) in [6, 6.07) is 3.71. The van der Waals surface area contributed by atoms with Crippen molar-refractivity contribution in [1.82, 2.24) is 4.98 Å². The summed E-state index contributed by atoms with van der Waals surface area (Å²) >= 11 is 4.19. The molecule has 0 aliphatic heterocycles. The number of rotatable bonds is 5. The van der Waals surface area contributed by atoms with Crippen LogP contribution in [-0.4, -0.2) is 29.3 Å². The number of thiol groups is 1. The molecule has 0 aliphatic rings. The largest absolute Gasteiger partial charge is 0.465 e. The highest BCUT2D eigenvalue weighted by Gasteiger charge is 2.16. The van der Waals surface area contributed by atoms with Crippen LogP contribution in [0.2, 0.25) is 0 Å². The zero-order valence-corrected chi connectivity index (χ0v) is 9.98. The standard InChI is InChI=1S/C11H15NO3S/c1-8(14)15-6-10(5-13)11-9(7-16)3-2-4-12-11/h2-4,10,13,16H,5-7H2,1H3/t10-/m1/s1. The molecule has 0 unspecified atom stereocenters. The smallest absolute Gasteiger partial charge is 0.302 e. The average Bonchev–Trinajstić information content (AvgIpc) is 2.30. The number of ether oxygens (including phenoxy) is 1. The summed E-state index contributed by atoms with van der Waals surface area (Å²) in [6.45, 7) is 1.38. The Kier molecular flexibility index (Phi) is 5.28. The number of nitrogens with zero attached hydrogens (tertiary/aromatic N) is 1. The fraction of sp³-hybridized carbons (Fsp3) is 0.455. The van der Waals surface area contributed by atoms with Crippen LogP contribution in [0.1, 0.15) is 24.1 Å². The number of carbonyl (C=O) groups excluding carboxylic acids is 1. The van der Waals surface area contributed by atoms with E-state index < -0.39 is 0 Å². The monoisotopic (exact) mass is 241 g/mol. The molecule has 1 rings (SSSR count). The molecule has 4 nitrogen and oxygen atoms in total. The first-order valence-electron chi connectivity index (χ1n) is 4.98. The second-order valence-corrected chi connectivity index (χ2v) is 3.70.